The molecule has 0 fully saturated rings. The second-order valence-electron chi connectivity index (χ2n) is 2.69. The highest BCUT2D eigenvalue weighted by molar-refractivity contribution is 5.84. The summed E-state index contributed by atoms with van der Waals surface area (Å²) in [6.45, 7) is 13.4. The lowest BCUT2D eigenvalue weighted by molar-refractivity contribution is -0.113. The minimum absolute atomic E-state index is 0.481. The van der Waals surface area contributed by atoms with Crippen LogP contribution in [-0.4, -0.2) is 5.91 Å². The van der Waals surface area contributed by atoms with Gasteiger partial charge in [0.1, 0.15) is 0 Å². The third kappa shape index (κ3) is 16.3. The van der Waals surface area contributed by atoms with Crippen LogP contribution in [0.2, 0.25) is 0 Å². The number of carbonyl (C=O) groups is 1. The van der Waals surface area contributed by atoms with E-state index in [1.165, 1.54) is 5.56 Å². The summed E-state index contributed by atoms with van der Waals surface area (Å²) in [4.78, 5) is 9.47. The van der Waals surface area contributed by atoms with Gasteiger partial charge in [-0.3, -0.25) is 4.79 Å². The quantitative estimate of drug-likeness (QED) is 0.627. The molecule has 17 heavy (non-hydrogen) atoms. The van der Waals surface area contributed by atoms with Gasteiger partial charge < -0.3 is 5.73 Å². The maximum absolute atomic E-state index is 9.47. The Bertz CT molecular complexity index is 346. The molecule has 0 saturated heterocycles. The van der Waals surface area contributed by atoms with Crippen LogP contribution >= 0.6 is 0 Å². The number of amides is 1. The van der Waals surface area contributed by atoms with Crippen LogP contribution in [0.1, 0.15) is 5.56 Å². The highest BCUT2D eigenvalue weighted by Gasteiger charge is 1.75. The second-order valence-corrected chi connectivity index (χ2v) is 2.69. The average Bonchev–Trinajstić information content (AvgIpc) is 2.40. The van der Waals surface area contributed by atoms with E-state index in [0.29, 0.717) is 0 Å². The standard InChI is InChI=1S/C8H8.C4H6.C3H5NO/c1-2-8-6-4-3-5-7-8;1-3-4-2;1-2-3(4)5/h2-7H,1H2;3-4H,1-2H2;2H,1H2,(H2,4,5). The molecule has 0 unspecified atom stereocenters. The van der Waals surface area contributed by atoms with Crippen LogP contribution in [0, 0.1) is 0 Å². The van der Waals surface area contributed by atoms with Crippen molar-refractivity contribution in [1.82, 2.24) is 0 Å². The first-order chi connectivity index (χ1) is 8.12. The molecule has 0 spiro atoms. The first kappa shape index (κ1) is 17.1. The van der Waals surface area contributed by atoms with E-state index in [1.807, 2.05) is 36.4 Å². The Balaban J connectivity index is 0. The molecule has 0 aliphatic rings. The average molecular weight is 229 g/mol. The Kier molecular flexibility index (Phi) is 13.7. The normalized spacial score (nSPS) is 7.06. The van der Waals surface area contributed by atoms with E-state index in [1.54, 1.807) is 12.2 Å². The van der Waals surface area contributed by atoms with E-state index in [2.05, 4.69) is 32.0 Å². The van der Waals surface area contributed by atoms with Crippen LogP contribution in [0.25, 0.3) is 6.08 Å². The molecule has 0 aromatic heterocycles. The van der Waals surface area contributed by atoms with Gasteiger partial charge in [0.2, 0.25) is 5.91 Å². The molecule has 0 radical (unpaired) electrons. The molecule has 1 aromatic carbocycles. The fourth-order valence-electron chi connectivity index (χ4n) is 0.589. The number of nitrogens with two attached hydrogens (primary N) is 1. The van der Waals surface area contributed by atoms with Crippen molar-refractivity contribution in [2.24, 2.45) is 5.73 Å². The molecule has 0 atom stereocenters. The minimum Gasteiger partial charge on any atom is -0.366 e. The minimum atomic E-state index is -0.481. The molecule has 0 bridgehead atoms. The van der Waals surface area contributed by atoms with Crippen molar-refractivity contribution in [3.05, 3.63) is 80.4 Å². The van der Waals surface area contributed by atoms with Crippen molar-refractivity contribution in [3.8, 4) is 0 Å². The summed E-state index contributed by atoms with van der Waals surface area (Å²) < 4.78 is 0. The van der Waals surface area contributed by atoms with Crippen molar-refractivity contribution in [2.45, 2.75) is 0 Å². The van der Waals surface area contributed by atoms with Crippen molar-refractivity contribution in [3.63, 3.8) is 0 Å². The van der Waals surface area contributed by atoms with Gasteiger partial charge >= 0.3 is 0 Å². The molecular weight excluding hydrogens is 210 g/mol. The van der Waals surface area contributed by atoms with E-state index < -0.39 is 5.91 Å². The third-order valence-corrected chi connectivity index (χ3v) is 1.40. The van der Waals surface area contributed by atoms with E-state index in [-0.39, 0.29) is 0 Å². The summed E-state index contributed by atoms with van der Waals surface area (Å²) >= 11 is 0. The van der Waals surface area contributed by atoms with E-state index in [9.17, 15) is 4.79 Å². The summed E-state index contributed by atoms with van der Waals surface area (Å²) in [5.41, 5.74) is 5.71. The van der Waals surface area contributed by atoms with Gasteiger partial charge in [0, 0.05) is 0 Å². The molecule has 2 N–H and O–H groups in total. The lowest BCUT2D eigenvalue weighted by atomic mass is 10.2. The summed E-state index contributed by atoms with van der Waals surface area (Å²) in [7, 11) is 0. The molecule has 2 nitrogen and oxygen atoms in total. The Morgan fingerprint density at radius 1 is 1.00 bits per heavy atom. The first-order valence-corrected chi connectivity index (χ1v) is 4.95. The zero-order chi connectivity index (χ0) is 13.5. The number of carbonyl (C=O) groups excluding carboxylic acids is 1. The van der Waals surface area contributed by atoms with Crippen LogP contribution < -0.4 is 5.73 Å². The van der Waals surface area contributed by atoms with Crippen molar-refractivity contribution < 1.29 is 4.79 Å². The number of benzene rings is 1. The Morgan fingerprint density at radius 2 is 1.41 bits per heavy atom. The smallest absolute Gasteiger partial charge is 0.240 e. The van der Waals surface area contributed by atoms with Crippen LogP contribution in [0.4, 0.5) is 0 Å². The predicted molar refractivity (Wildman–Crippen MR) is 76.3 cm³/mol. The second kappa shape index (κ2) is 13.7. The molecule has 2 heteroatoms. The Labute approximate surface area is 103 Å². The van der Waals surface area contributed by atoms with Gasteiger partial charge in [-0.15, -0.1) is 0 Å². The maximum atomic E-state index is 9.47. The highest BCUT2D eigenvalue weighted by atomic mass is 16.1. The monoisotopic (exact) mass is 229 g/mol. The zero-order valence-corrected chi connectivity index (χ0v) is 10.0. The van der Waals surface area contributed by atoms with Crippen LogP contribution in [0.15, 0.2) is 74.9 Å². The van der Waals surface area contributed by atoms with Gasteiger partial charge in [0.15, 0.2) is 0 Å². The summed E-state index contributed by atoms with van der Waals surface area (Å²) in [6, 6.07) is 10.0. The summed E-state index contributed by atoms with van der Waals surface area (Å²) in [6.07, 6.45) is 6.17. The van der Waals surface area contributed by atoms with E-state index >= 15 is 0 Å². The molecule has 0 heterocycles. The molecule has 1 aromatic rings. The number of primary amides is 1. The van der Waals surface area contributed by atoms with Crippen molar-refractivity contribution in [2.75, 3.05) is 0 Å². The van der Waals surface area contributed by atoms with Gasteiger partial charge in [-0.2, -0.15) is 0 Å². The number of rotatable bonds is 3. The Morgan fingerprint density at radius 3 is 1.59 bits per heavy atom. The molecule has 1 rings (SSSR count). The van der Waals surface area contributed by atoms with E-state index in [4.69, 9.17) is 0 Å². The number of allylic oxidation sites excluding steroid dienone is 2. The van der Waals surface area contributed by atoms with Gasteiger partial charge in [-0.1, -0.05) is 74.9 Å². The largest absolute Gasteiger partial charge is 0.366 e. The molecule has 0 aliphatic heterocycles. The highest BCUT2D eigenvalue weighted by Crippen LogP contribution is 1.97. The molecular formula is C15H19NO. The lowest BCUT2D eigenvalue weighted by Gasteiger charge is -1.85. The number of hydrogen-bond acceptors (Lipinski definition) is 1. The SMILES string of the molecule is C=CC(N)=O.C=CC=C.C=Cc1ccccc1. The summed E-state index contributed by atoms with van der Waals surface area (Å²) in [5.74, 6) is -0.481. The number of hydrogen-bond donors (Lipinski definition) is 1. The van der Waals surface area contributed by atoms with Gasteiger partial charge in [-0.25, -0.2) is 0 Å². The van der Waals surface area contributed by atoms with Gasteiger partial charge in [0.05, 0.1) is 0 Å². The summed E-state index contributed by atoms with van der Waals surface area (Å²) in [5, 5.41) is 0. The van der Waals surface area contributed by atoms with Crippen LogP contribution in [0.5, 0.6) is 0 Å². The Hall–Kier alpha value is -2.35. The van der Waals surface area contributed by atoms with Gasteiger partial charge in [0.25, 0.3) is 0 Å². The van der Waals surface area contributed by atoms with Crippen molar-refractivity contribution >= 4 is 12.0 Å². The first-order valence-electron chi connectivity index (χ1n) is 4.95. The zero-order valence-electron chi connectivity index (χ0n) is 10.0. The topological polar surface area (TPSA) is 43.1 Å². The van der Waals surface area contributed by atoms with Gasteiger partial charge in [-0.05, 0) is 11.6 Å². The van der Waals surface area contributed by atoms with E-state index in [0.717, 1.165) is 6.08 Å². The fourth-order valence-corrected chi connectivity index (χ4v) is 0.589. The molecule has 1 amide bonds. The third-order valence-electron chi connectivity index (χ3n) is 1.40. The predicted octanol–water partition coefficient (Wildman–Crippen LogP) is 3.35. The van der Waals surface area contributed by atoms with Crippen molar-refractivity contribution in [1.29, 1.82) is 0 Å². The fraction of sp³-hybridized carbons (Fsp3) is 0. The van der Waals surface area contributed by atoms with Crippen LogP contribution in [-0.2, 0) is 4.79 Å². The maximum Gasteiger partial charge on any atom is 0.240 e. The van der Waals surface area contributed by atoms with Crippen LogP contribution in [0.3, 0.4) is 0 Å². The molecule has 90 valence electrons. The lowest BCUT2D eigenvalue weighted by Crippen LogP contribution is -2.04. The molecule has 0 aliphatic carbocycles. The molecule has 0 saturated carbocycles.